The minimum absolute atomic E-state index is 0.0755. The Labute approximate surface area is 292 Å². The maximum absolute atomic E-state index is 11.6. The zero-order valence-electron chi connectivity index (χ0n) is 29.0. The van der Waals surface area contributed by atoms with Crippen LogP contribution in [0.1, 0.15) is 86.2 Å². The molecule has 270 valence electrons. The lowest BCUT2D eigenvalue weighted by Crippen LogP contribution is -2.14. The van der Waals surface area contributed by atoms with E-state index in [0.717, 1.165) is 51.4 Å². The Balaban J connectivity index is 1.21. The van der Waals surface area contributed by atoms with Gasteiger partial charge >= 0.3 is 11.9 Å². The van der Waals surface area contributed by atoms with E-state index in [1.54, 1.807) is 24.3 Å². The summed E-state index contributed by atoms with van der Waals surface area (Å²) in [5, 5.41) is 20.3. The third-order valence-electron chi connectivity index (χ3n) is 7.85. The first-order valence-corrected chi connectivity index (χ1v) is 17.4. The standard InChI is InChI=1S/C38H48N2O10/c1-3-5-7-9-19-47-31-15-17-33(35-27(31)11-13-29(39-35)37(41)42)49-25-23-45-21-22-46-24-26-50-34-18-16-32(48-20-10-8-6-4-2)28-12-14-30(38(43)44)40-36(28)34/h11-18H,3-10,19-26H2,1-2H3,(H,41,42)(H,43,44). The number of rotatable bonds is 25. The van der Waals surface area contributed by atoms with E-state index in [-0.39, 0.29) is 37.8 Å². The van der Waals surface area contributed by atoms with E-state index >= 15 is 0 Å². The third kappa shape index (κ3) is 11.4. The van der Waals surface area contributed by atoms with Crippen LogP contribution in [0.2, 0.25) is 0 Å². The summed E-state index contributed by atoms with van der Waals surface area (Å²) in [5.74, 6) is -0.0692. The quantitative estimate of drug-likeness (QED) is 0.0657. The van der Waals surface area contributed by atoms with Gasteiger partial charge in [0.15, 0.2) is 0 Å². The van der Waals surface area contributed by atoms with Gasteiger partial charge in [0, 0.05) is 10.8 Å². The Morgan fingerprint density at radius 1 is 0.480 bits per heavy atom. The van der Waals surface area contributed by atoms with Crippen molar-refractivity contribution in [3.63, 3.8) is 0 Å². The molecule has 2 N–H and O–H groups in total. The van der Waals surface area contributed by atoms with Gasteiger partial charge in [-0.25, -0.2) is 19.6 Å². The molecule has 0 spiro atoms. The van der Waals surface area contributed by atoms with Crippen molar-refractivity contribution in [3.8, 4) is 23.0 Å². The molecule has 0 atom stereocenters. The maximum Gasteiger partial charge on any atom is 0.354 e. The number of aromatic carboxylic acids is 2. The number of benzene rings is 2. The van der Waals surface area contributed by atoms with Crippen LogP contribution in [0.25, 0.3) is 21.8 Å². The minimum Gasteiger partial charge on any atom is -0.493 e. The molecule has 0 bridgehead atoms. The van der Waals surface area contributed by atoms with Crippen LogP contribution in [0.5, 0.6) is 23.0 Å². The second-order valence-electron chi connectivity index (χ2n) is 11.7. The lowest BCUT2D eigenvalue weighted by Gasteiger charge is -2.14. The first-order chi connectivity index (χ1) is 24.4. The average molecular weight is 693 g/mol. The monoisotopic (exact) mass is 692 g/mol. The van der Waals surface area contributed by atoms with Crippen LogP contribution in [0, 0.1) is 0 Å². The highest BCUT2D eigenvalue weighted by Gasteiger charge is 2.15. The molecule has 2 aromatic carbocycles. The summed E-state index contributed by atoms with van der Waals surface area (Å²) in [5.41, 5.74) is 0.694. The van der Waals surface area contributed by atoms with Gasteiger partial charge in [-0.15, -0.1) is 0 Å². The van der Waals surface area contributed by atoms with Crippen LogP contribution < -0.4 is 18.9 Å². The first kappa shape index (κ1) is 38.1. The zero-order chi connectivity index (χ0) is 35.6. The van der Waals surface area contributed by atoms with Gasteiger partial charge in [-0.05, 0) is 61.4 Å². The topological polar surface area (TPSA) is 156 Å². The van der Waals surface area contributed by atoms with E-state index < -0.39 is 11.9 Å². The number of fused-ring (bicyclic) bond motifs is 2. The Hall–Kier alpha value is -4.68. The van der Waals surface area contributed by atoms with Crippen LogP contribution in [-0.4, -0.2) is 85.0 Å². The molecule has 0 saturated carbocycles. The molecule has 0 radical (unpaired) electrons. The van der Waals surface area contributed by atoms with Gasteiger partial charge < -0.3 is 38.6 Å². The van der Waals surface area contributed by atoms with Gasteiger partial charge in [-0.1, -0.05) is 52.4 Å². The summed E-state index contributed by atoms with van der Waals surface area (Å²) in [6, 6.07) is 13.4. The number of carboxylic acid groups (broad SMARTS) is 2. The minimum atomic E-state index is -1.12. The molecule has 4 rings (SSSR count). The smallest absolute Gasteiger partial charge is 0.354 e. The van der Waals surface area contributed by atoms with Crippen molar-refractivity contribution in [2.75, 3.05) is 52.9 Å². The second-order valence-corrected chi connectivity index (χ2v) is 11.7. The molecule has 0 unspecified atom stereocenters. The van der Waals surface area contributed by atoms with Crippen molar-refractivity contribution in [3.05, 3.63) is 59.9 Å². The molecule has 50 heavy (non-hydrogen) atoms. The number of hydrogen-bond donors (Lipinski definition) is 2. The summed E-state index contributed by atoms with van der Waals surface area (Å²) >= 11 is 0. The average Bonchev–Trinajstić information content (AvgIpc) is 3.12. The number of ether oxygens (including phenoxy) is 6. The van der Waals surface area contributed by atoms with Gasteiger partial charge in [0.1, 0.15) is 58.6 Å². The Morgan fingerprint density at radius 3 is 1.26 bits per heavy atom. The highest BCUT2D eigenvalue weighted by Crippen LogP contribution is 2.34. The SMILES string of the molecule is CCCCCCOc1ccc(OCCOCCOCCOc2ccc(OCCCCCC)c3ccc(C(=O)O)nc23)c2nc(C(=O)O)ccc12. The molecule has 12 heteroatoms. The zero-order valence-corrected chi connectivity index (χ0v) is 29.0. The van der Waals surface area contributed by atoms with Crippen molar-refractivity contribution in [2.45, 2.75) is 65.2 Å². The number of hydrogen-bond acceptors (Lipinski definition) is 10. The molecule has 0 aliphatic heterocycles. The predicted molar refractivity (Wildman–Crippen MR) is 189 cm³/mol. The van der Waals surface area contributed by atoms with E-state index in [9.17, 15) is 19.8 Å². The van der Waals surface area contributed by atoms with E-state index in [0.29, 0.717) is 71.2 Å². The van der Waals surface area contributed by atoms with Crippen molar-refractivity contribution in [1.29, 1.82) is 0 Å². The molecule has 0 fully saturated rings. The van der Waals surface area contributed by atoms with Crippen molar-refractivity contribution >= 4 is 33.7 Å². The molecule has 2 heterocycles. The van der Waals surface area contributed by atoms with E-state index in [2.05, 4.69) is 23.8 Å². The van der Waals surface area contributed by atoms with Gasteiger partial charge in [-0.3, -0.25) is 0 Å². The summed E-state index contributed by atoms with van der Waals surface area (Å²) in [7, 11) is 0. The summed E-state index contributed by atoms with van der Waals surface area (Å²) in [4.78, 5) is 31.8. The first-order valence-electron chi connectivity index (χ1n) is 17.4. The maximum atomic E-state index is 11.6. The molecule has 12 nitrogen and oxygen atoms in total. The molecule has 2 aromatic heterocycles. The Bertz CT molecular complexity index is 1560. The highest BCUT2D eigenvalue weighted by molar-refractivity contribution is 5.95. The number of aromatic nitrogens is 2. The Kier molecular flexibility index (Phi) is 15.8. The summed E-state index contributed by atoms with van der Waals surface area (Å²) < 4.78 is 35.1. The van der Waals surface area contributed by atoms with E-state index in [1.165, 1.54) is 12.1 Å². The summed E-state index contributed by atoms with van der Waals surface area (Å²) in [6.07, 6.45) is 8.65. The van der Waals surface area contributed by atoms with Crippen molar-refractivity contribution in [2.24, 2.45) is 0 Å². The lowest BCUT2D eigenvalue weighted by atomic mass is 10.1. The number of nitrogens with zero attached hydrogens (tertiary/aromatic N) is 2. The number of carbonyl (C=O) groups is 2. The fourth-order valence-electron chi connectivity index (χ4n) is 5.22. The predicted octanol–water partition coefficient (Wildman–Crippen LogP) is 7.59. The molecular weight excluding hydrogens is 644 g/mol. The van der Waals surface area contributed by atoms with Crippen LogP contribution >= 0.6 is 0 Å². The molecule has 0 amide bonds. The number of pyridine rings is 2. The van der Waals surface area contributed by atoms with Gasteiger partial charge in [-0.2, -0.15) is 0 Å². The van der Waals surface area contributed by atoms with Crippen LogP contribution in [0.3, 0.4) is 0 Å². The fraction of sp³-hybridized carbons (Fsp3) is 0.474. The third-order valence-corrected chi connectivity index (χ3v) is 7.85. The van der Waals surface area contributed by atoms with Gasteiger partial charge in [0.25, 0.3) is 0 Å². The molecule has 0 aliphatic carbocycles. The molecule has 4 aromatic rings. The van der Waals surface area contributed by atoms with Crippen LogP contribution in [0.15, 0.2) is 48.5 Å². The fourth-order valence-corrected chi connectivity index (χ4v) is 5.22. The van der Waals surface area contributed by atoms with Crippen LogP contribution in [0.4, 0.5) is 0 Å². The van der Waals surface area contributed by atoms with Crippen LogP contribution in [-0.2, 0) is 9.47 Å². The second kappa shape index (κ2) is 20.7. The molecular formula is C38H48N2O10. The van der Waals surface area contributed by atoms with E-state index in [1.807, 2.05) is 12.1 Å². The van der Waals surface area contributed by atoms with E-state index in [4.69, 9.17) is 28.4 Å². The lowest BCUT2D eigenvalue weighted by molar-refractivity contribution is 0.0276. The van der Waals surface area contributed by atoms with Crippen molar-refractivity contribution in [1.82, 2.24) is 9.97 Å². The van der Waals surface area contributed by atoms with Gasteiger partial charge in [0.2, 0.25) is 0 Å². The normalized spacial score (nSPS) is 11.2. The van der Waals surface area contributed by atoms with Gasteiger partial charge in [0.05, 0.1) is 39.6 Å². The Morgan fingerprint density at radius 2 is 0.860 bits per heavy atom. The summed E-state index contributed by atoms with van der Waals surface area (Å²) in [6.45, 7) is 7.13. The number of unbranched alkanes of at least 4 members (excludes halogenated alkanes) is 6. The molecule has 0 aliphatic rings. The number of carboxylic acids is 2. The van der Waals surface area contributed by atoms with Crippen molar-refractivity contribution < 1.29 is 48.2 Å². The molecule has 0 saturated heterocycles. The largest absolute Gasteiger partial charge is 0.493 e. The highest BCUT2D eigenvalue weighted by atomic mass is 16.6.